The number of carbonyl (C=O) groups is 1. The van der Waals surface area contributed by atoms with Gasteiger partial charge in [0.1, 0.15) is 0 Å². The molecule has 22 heavy (non-hydrogen) atoms. The molecule has 1 aromatic carbocycles. The number of carbonyl (C=O) groups excluding carboxylic acids is 1. The third kappa shape index (κ3) is 2.13. The van der Waals surface area contributed by atoms with Gasteiger partial charge in [0.25, 0.3) is 5.91 Å². The molecule has 3 heterocycles. The highest BCUT2D eigenvalue weighted by Gasteiger charge is 2.38. The molecule has 2 fully saturated rings. The van der Waals surface area contributed by atoms with Gasteiger partial charge >= 0.3 is 0 Å². The molecule has 116 valence electrons. The van der Waals surface area contributed by atoms with E-state index in [1.165, 1.54) is 12.8 Å². The second kappa shape index (κ2) is 5.13. The fourth-order valence-corrected chi connectivity index (χ4v) is 4.32. The molecule has 0 aliphatic carbocycles. The van der Waals surface area contributed by atoms with Crippen LogP contribution >= 0.6 is 0 Å². The number of amides is 1. The van der Waals surface area contributed by atoms with Crippen molar-refractivity contribution in [3.05, 3.63) is 36.0 Å². The largest absolute Gasteiger partial charge is 0.350 e. The molecule has 2 saturated heterocycles. The van der Waals surface area contributed by atoms with Crippen LogP contribution in [0.5, 0.6) is 0 Å². The highest BCUT2D eigenvalue weighted by molar-refractivity contribution is 6.07. The van der Waals surface area contributed by atoms with Crippen LogP contribution in [0.2, 0.25) is 0 Å². The summed E-state index contributed by atoms with van der Waals surface area (Å²) in [6.45, 7) is 0. The molecule has 2 aliphatic heterocycles. The Morgan fingerprint density at radius 2 is 1.82 bits per heavy atom. The molecular weight excluding hydrogens is 274 g/mol. The predicted molar refractivity (Wildman–Crippen MR) is 88.0 cm³/mol. The molecule has 0 radical (unpaired) electrons. The quantitative estimate of drug-likeness (QED) is 0.925. The number of aromatic nitrogens is 1. The van der Waals surface area contributed by atoms with Crippen LogP contribution in [0.25, 0.3) is 10.9 Å². The number of benzene rings is 1. The van der Waals surface area contributed by atoms with Crippen LogP contribution in [0.1, 0.15) is 36.0 Å². The zero-order valence-corrected chi connectivity index (χ0v) is 13.2. The van der Waals surface area contributed by atoms with Crippen molar-refractivity contribution < 1.29 is 4.79 Å². The molecule has 4 rings (SSSR count). The lowest BCUT2D eigenvalue weighted by molar-refractivity contribution is 0.0884. The lowest BCUT2D eigenvalue weighted by Crippen LogP contribution is -2.48. The van der Waals surface area contributed by atoms with Crippen LogP contribution in [0, 0.1) is 0 Å². The number of hydrogen-bond acceptors (Lipinski definition) is 2. The zero-order valence-electron chi connectivity index (χ0n) is 13.2. The summed E-state index contributed by atoms with van der Waals surface area (Å²) < 4.78 is 2.03. The first-order valence-corrected chi connectivity index (χ1v) is 8.20. The molecule has 3 atom stereocenters. The fraction of sp³-hybridized carbons (Fsp3) is 0.500. The number of nitrogens with one attached hydrogen (secondary N) is 1. The van der Waals surface area contributed by atoms with Crippen LogP contribution in [0.3, 0.4) is 0 Å². The van der Waals surface area contributed by atoms with E-state index in [1.54, 1.807) is 0 Å². The van der Waals surface area contributed by atoms with E-state index in [0.29, 0.717) is 18.1 Å². The van der Waals surface area contributed by atoms with E-state index in [9.17, 15) is 4.79 Å². The second-order valence-electron chi connectivity index (χ2n) is 6.86. The van der Waals surface area contributed by atoms with E-state index in [2.05, 4.69) is 23.3 Å². The third-order valence-corrected chi connectivity index (χ3v) is 5.58. The molecule has 4 heteroatoms. The molecule has 1 aromatic heterocycles. The summed E-state index contributed by atoms with van der Waals surface area (Å²) >= 11 is 0. The molecule has 2 bridgehead atoms. The average Bonchev–Trinajstić information content (AvgIpc) is 2.93. The maximum Gasteiger partial charge on any atom is 0.253 e. The Hall–Kier alpha value is -1.81. The van der Waals surface area contributed by atoms with Gasteiger partial charge in [-0.05, 0) is 38.8 Å². The Kier molecular flexibility index (Phi) is 3.22. The fourth-order valence-electron chi connectivity index (χ4n) is 4.32. The van der Waals surface area contributed by atoms with Crippen molar-refractivity contribution in [1.29, 1.82) is 0 Å². The first-order valence-electron chi connectivity index (χ1n) is 8.20. The Morgan fingerprint density at radius 3 is 2.55 bits per heavy atom. The minimum atomic E-state index is 0.0748. The molecular formula is C18H23N3O. The Bertz CT molecular complexity index is 706. The van der Waals surface area contributed by atoms with Crippen molar-refractivity contribution in [3.63, 3.8) is 0 Å². The summed E-state index contributed by atoms with van der Waals surface area (Å²) in [5, 5.41) is 4.32. The van der Waals surface area contributed by atoms with Gasteiger partial charge in [0.15, 0.2) is 0 Å². The normalized spacial score (nSPS) is 28.2. The zero-order chi connectivity index (χ0) is 15.3. The second-order valence-corrected chi connectivity index (χ2v) is 6.86. The van der Waals surface area contributed by atoms with Gasteiger partial charge in [0.2, 0.25) is 0 Å². The van der Waals surface area contributed by atoms with Gasteiger partial charge in [-0.25, -0.2) is 0 Å². The maximum atomic E-state index is 12.7. The van der Waals surface area contributed by atoms with Crippen molar-refractivity contribution >= 4 is 16.8 Å². The standard InChI is InChI=1S/C18H23N3O/c1-20-11-16(15-5-3-4-6-17(15)20)18(22)19-12-9-13-7-8-14(10-12)21(13)2/h3-6,11-14H,7-10H2,1-2H3,(H,19,22)/t12?,13-,14+. The summed E-state index contributed by atoms with van der Waals surface area (Å²) in [5.74, 6) is 0.0748. The van der Waals surface area contributed by atoms with Crippen LogP contribution in [-0.2, 0) is 7.05 Å². The number of nitrogens with zero attached hydrogens (tertiary/aromatic N) is 2. The van der Waals surface area contributed by atoms with Crippen molar-refractivity contribution in [2.45, 2.75) is 43.8 Å². The minimum Gasteiger partial charge on any atom is -0.350 e. The molecule has 2 aliphatic rings. The van der Waals surface area contributed by atoms with E-state index < -0.39 is 0 Å². The average molecular weight is 297 g/mol. The molecule has 0 spiro atoms. The number of piperidine rings is 1. The number of aryl methyl sites for hydroxylation is 1. The SMILES string of the molecule is CN1[C@@H]2CC[C@H]1CC(NC(=O)c1cn(C)c3ccccc13)C2. The minimum absolute atomic E-state index is 0.0748. The summed E-state index contributed by atoms with van der Waals surface area (Å²) in [5.41, 5.74) is 1.90. The molecule has 2 aromatic rings. The molecule has 4 nitrogen and oxygen atoms in total. The summed E-state index contributed by atoms with van der Waals surface area (Å²) in [7, 11) is 4.22. The first-order chi connectivity index (χ1) is 10.6. The highest BCUT2D eigenvalue weighted by atomic mass is 16.1. The van der Waals surface area contributed by atoms with E-state index in [1.807, 2.05) is 36.0 Å². The molecule has 1 amide bonds. The Labute approximate surface area is 131 Å². The Balaban J connectivity index is 1.55. The van der Waals surface area contributed by atoms with Crippen molar-refractivity contribution in [1.82, 2.24) is 14.8 Å². The number of para-hydroxylation sites is 1. The van der Waals surface area contributed by atoms with E-state index >= 15 is 0 Å². The number of rotatable bonds is 2. The lowest BCUT2D eigenvalue weighted by Gasteiger charge is -2.36. The van der Waals surface area contributed by atoms with Crippen LogP contribution < -0.4 is 5.32 Å². The van der Waals surface area contributed by atoms with Gasteiger partial charge in [0, 0.05) is 42.3 Å². The van der Waals surface area contributed by atoms with Gasteiger partial charge in [-0.3, -0.25) is 4.79 Å². The van der Waals surface area contributed by atoms with Crippen molar-refractivity contribution in [3.8, 4) is 0 Å². The number of fused-ring (bicyclic) bond motifs is 3. The molecule has 0 saturated carbocycles. The predicted octanol–water partition coefficient (Wildman–Crippen LogP) is 2.53. The monoisotopic (exact) mass is 297 g/mol. The summed E-state index contributed by atoms with van der Waals surface area (Å²) in [4.78, 5) is 15.2. The van der Waals surface area contributed by atoms with Crippen LogP contribution in [-0.4, -0.2) is 40.5 Å². The highest BCUT2D eigenvalue weighted by Crippen LogP contribution is 2.34. The van der Waals surface area contributed by atoms with Gasteiger partial charge in [-0.1, -0.05) is 18.2 Å². The summed E-state index contributed by atoms with van der Waals surface area (Å²) in [6, 6.07) is 9.71. The van der Waals surface area contributed by atoms with Crippen LogP contribution in [0.15, 0.2) is 30.5 Å². The lowest BCUT2D eigenvalue weighted by atomic mass is 9.97. The van der Waals surface area contributed by atoms with Gasteiger partial charge in [0.05, 0.1) is 5.56 Å². The summed E-state index contributed by atoms with van der Waals surface area (Å²) in [6.07, 6.45) is 6.68. The van der Waals surface area contributed by atoms with Gasteiger partial charge < -0.3 is 14.8 Å². The number of hydrogen-bond donors (Lipinski definition) is 1. The molecule has 1 N–H and O–H groups in total. The van der Waals surface area contributed by atoms with Crippen LogP contribution in [0.4, 0.5) is 0 Å². The van der Waals surface area contributed by atoms with Crippen molar-refractivity contribution in [2.24, 2.45) is 7.05 Å². The van der Waals surface area contributed by atoms with E-state index in [-0.39, 0.29) is 5.91 Å². The van der Waals surface area contributed by atoms with Gasteiger partial charge in [-0.15, -0.1) is 0 Å². The molecule has 1 unspecified atom stereocenters. The smallest absolute Gasteiger partial charge is 0.253 e. The van der Waals surface area contributed by atoms with E-state index in [4.69, 9.17) is 0 Å². The van der Waals surface area contributed by atoms with E-state index in [0.717, 1.165) is 29.3 Å². The third-order valence-electron chi connectivity index (χ3n) is 5.58. The Morgan fingerprint density at radius 1 is 1.14 bits per heavy atom. The topological polar surface area (TPSA) is 37.3 Å². The van der Waals surface area contributed by atoms with Gasteiger partial charge in [-0.2, -0.15) is 0 Å². The van der Waals surface area contributed by atoms with Crippen molar-refractivity contribution in [2.75, 3.05) is 7.05 Å². The maximum absolute atomic E-state index is 12.7. The first kappa shape index (κ1) is 13.8.